The number of likely N-dealkylation sites (tertiary alicyclic amines) is 1. The zero-order valence-corrected chi connectivity index (χ0v) is 14.3. The molecule has 1 aromatic carbocycles. The number of amides is 1. The average molecular weight is 350 g/mol. The van der Waals surface area contributed by atoms with Gasteiger partial charge in [-0.1, -0.05) is 16.8 Å². The minimum Gasteiger partial charge on any atom is -0.494 e. The van der Waals surface area contributed by atoms with Crippen LogP contribution in [0.4, 0.5) is 0 Å². The van der Waals surface area contributed by atoms with E-state index in [-0.39, 0.29) is 11.9 Å². The maximum absolute atomic E-state index is 12.5. The van der Waals surface area contributed by atoms with Gasteiger partial charge < -0.3 is 14.2 Å². The second-order valence-electron chi connectivity index (χ2n) is 5.82. The lowest BCUT2D eigenvalue weighted by Crippen LogP contribution is -2.31. The number of nitrogens with zero attached hydrogens (tertiary/aromatic N) is 3. The third-order valence-corrected chi connectivity index (χ3v) is 4.28. The van der Waals surface area contributed by atoms with Crippen molar-refractivity contribution in [2.75, 3.05) is 13.2 Å². The van der Waals surface area contributed by atoms with Crippen molar-refractivity contribution >= 4 is 17.5 Å². The summed E-state index contributed by atoms with van der Waals surface area (Å²) < 4.78 is 10.7. The fraction of sp³-hybridized carbons (Fsp3) is 0.471. The Morgan fingerprint density at radius 3 is 2.92 bits per heavy atom. The number of aromatic nitrogens is 2. The van der Waals surface area contributed by atoms with Crippen molar-refractivity contribution < 1.29 is 14.1 Å². The normalized spacial score (nSPS) is 17.2. The first-order chi connectivity index (χ1) is 11.6. The van der Waals surface area contributed by atoms with Crippen LogP contribution in [0.1, 0.15) is 43.4 Å². The highest BCUT2D eigenvalue weighted by atomic mass is 35.5. The molecule has 0 bridgehead atoms. The molecule has 1 aromatic heterocycles. The molecular weight excluding hydrogens is 330 g/mol. The number of benzene rings is 1. The Kier molecular flexibility index (Phi) is 5.35. The summed E-state index contributed by atoms with van der Waals surface area (Å²) in [5, 5.41) is 4.63. The topological polar surface area (TPSA) is 68.5 Å². The maximum atomic E-state index is 12.5. The Morgan fingerprint density at radius 2 is 2.21 bits per heavy atom. The molecule has 2 heterocycles. The summed E-state index contributed by atoms with van der Waals surface area (Å²) in [6.07, 6.45) is 2.95. The van der Waals surface area contributed by atoms with E-state index < -0.39 is 0 Å². The quantitative estimate of drug-likeness (QED) is 0.746. The van der Waals surface area contributed by atoms with Gasteiger partial charge in [-0.3, -0.25) is 4.79 Å². The number of carbonyl (C=O) groups is 1. The molecule has 2 aromatic rings. The van der Waals surface area contributed by atoms with Gasteiger partial charge in [0.1, 0.15) is 5.75 Å². The van der Waals surface area contributed by atoms with Crippen LogP contribution in [0.25, 0.3) is 0 Å². The zero-order valence-electron chi connectivity index (χ0n) is 13.6. The van der Waals surface area contributed by atoms with Gasteiger partial charge >= 0.3 is 0 Å². The molecular formula is C17H20ClN3O3. The molecule has 1 amide bonds. The Morgan fingerprint density at radius 1 is 1.42 bits per heavy atom. The monoisotopic (exact) mass is 349 g/mol. The molecule has 6 nitrogen and oxygen atoms in total. The summed E-state index contributed by atoms with van der Waals surface area (Å²) in [4.78, 5) is 18.6. The van der Waals surface area contributed by atoms with Crippen LogP contribution in [0.2, 0.25) is 5.02 Å². The number of rotatable bonds is 6. The van der Waals surface area contributed by atoms with E-state index in [4.69, 9.17) is 20.9 Å². The van der Waals surface area contributed by atoms with E-state index >= 15 is 0 Å². The van der Waals surface area contributed by atoms with Gasteiger partial charge in [-0.2, -0.15) is 4.98 Å². The van der Waals surface area contributed by atoms with Crippen LogP contribution in [0.15, 0.2) is 28.8 Å². The average Bonchev–Trinajstić information content (AvgIpc) is 3.21. The zero-order chi connectivity index (χ0) is 16.9. The predicted molar refractivity (Wildman–Crippen MR) is 88.9 cm³/mol. The molecule has 1 unspecified atom stereocenters. The van der Waals surface area contributed by atoms with Crippen LogP contribution in [-0.4, -0.2) is 34.1 Å². The molecule has 0 radical (unpaired) electrons. The van der Waals surface area contributed by atoms with E-state index in [2.05, 4.69) is 10.1 Å². The standard InChI is InChI=1S/C17H20ClN3O3/c1-12-19-17(20-24-12)15-4-2-10-21(15)16(22)5-3-11-23-14-8-6-13(18)7-9-14/h6-9,15H,2-5,10-11H2,1H3. The molecule has 1 fully saturated rings. The van der Waals surface area contributed by atoms with Gasteiger partial charge in [0.15, 0.2) is 5.82 Å². The summed E-state index contributed by atoms with van der Waals surface area (Å²) >= 11 is 5.83. The van der Waals surface area contributed by atoms with Gasteiger partial charge in [-0.15, -0.1) is 0 Å². The highest BCUT2D eigenvalue weighted by Crippen LogP contribution is 2.30. The fourth-order valence-corrected chi connectivity index (χ4v) is 3.00. The van der Waals surface area contributed by atoms with Gasteiger partial charge in [0.05, 0.1) is 12.6 Å². The van der Waals surface area contributed by atoms with Crippen molar-refractivity contribution in [2.24, 2.45) is 0 Å². The van der Waals surface area contributed by atoms with Crippen molar-refractivity contribution in [2.45, 2.75) is 38.6 Å². The molecule has 0 saturated carbocycles. The smallest absolute Gasteiger partial charge is 0.223 e. The summed E-state index contributed by atoms with van der Waals surface area (Å²) in [5.41, 5.74) is 0. The van der Waals surface area contributed by atoms with E-state index in [0.717, 1.165) is 25.1 Å². The fourth-order valence-electron chi connectivity index (χ4n) is 2.87. The van der Waals surface area contributed by atoms with Crippen molar-refractivity contribution in [3.63, 3.8) is 0 Å². The Balaban J connectivity index is 1.46. The highest BCUT2D eigenvalue weighted by molar-refractivity contribution is 6.30. The van der Waals surface area contributed by atoms with E-state index in [1.807, 2.05) is 17.0 Å². The number of carbonyl (C=O) groups excluding carboxylic acids is 1. The first-order valence-corrected chi connectivity index (χ1v) is 8.49. The molecule has 1 aliphatic heterocycles. The Hall–Kier alpha value is -2.08. The molecule has 1 atom stereocenters. The third-order valence-electron chi connectivity index (χ3n) is 4.03. The first-order valence-electron chi connectivity index (χ1n) is 8.11. The summed E-state index contributed by atoms with van der Waals surface area (Å²) in [5.74, 6) is 2.00. The second kappa shape index (κ2) is 7.66. The summed E-state index contributed by atoms with van der Waals surface area (Å²) in [6.45, 7) is 2.99. The highest BCUT2D eigenvalue weighted by Gasteiger charge is 2.32. The lowest BCUT2D eigenvalue weighted by atomic mass is 10.2. The second-order valence-corrected chi connectivity index (χ2v) is 6.26. The molecule has 128 valence electrons. The third kappa shape index (κ3) is 4.06. The summed E-state index contributed by atoms with van der Waals surface area (Å²) in [6, 6.07) is 7.14. The minimum absolute atomic E-state index is 0.0628. The van der Waals surface area contributed by atoms with Crippen molar-refractivity contribution in [3.8, 4) is 5.75 Å². The van der Waals surface area contributed by atoms with Crippen LogP contribution in [0.3, 0.4) is 0 Å². The van der Waals surface area contributed by atoms with Crippen LogP contribution in [0, 0.1) is 6.92 Å². The van der Waals surface area contributed by atoms with Crippen molar-refractivity contribution in [1.29, 1.82) is 0 Å². The van der Waals surface area contributed by atoms with E-state index in [0.29, 0.717) is 36.2 Å². The van der Waals surface area contributed by atoms with E-state index in [9.17, 15) is 4.79 Å². The molecule has 1 saturated heterocycles. The molecule has 0 N–H and O–H groups in total. The van der Waals surface area contributed by atoms with E-state index in [1.54, 1.807) is 19.1 Å². The Labute approximate surface area is 145 Å². The molecule has 24 heavy (non-hydrogen) atoms. The number of hydrogen-bond donors (Lipinski definition) is 0. The Bertz CT molecular complexity index is 687. The van der Waals surface area contributed by atoms with Gasteiger partial charge in [0.2, 0.25) is 11.8 Å². The van der Waals surface area contributed by atoms with Gasteiger partial charge in [-0.05, 0) is 43.5 Å². The lowest BCUT2D eigenvalue weighted by Gasteiger charge is -2.22. The number of aryl methyl sites for hydroxylation is 1. The SMILES string of the molecule is Cc1nc(C2CCCN2C(=O)CCCOc2ccc(Cl)cc2)no1. The van der Waals surface area contributed by atoms with Crippen LogP contribution < -0.4 is 4.74 Å². The number of halogens is 1. The van der Waals surface area contributed by atoms with E-state index in [1.165, 1.54) is 0 Å². The lowest BCUT2D eigenvalue weighted by molar-refractivity contribution is -0.132. The van der Waals surface area contributed by atoms with Gasteiger partial charge in [0, 0.05) is 24.9 Å². The molecule has 0 aliphatic carbocycles. The summed E-state index contributed by atoms with van der Waals surface area (Å²) in [7, 11) is 0. The number of ether oxygens (including phenoxy) is 1. The van der Waals surface area contributed by atoms with Crippen molar-refractivity contribution in [1.82, 2.24) is 15.0 Å². The van der Waals surface area contributed by atoms with Crippen LogP contribution in [-0.2, 0) is 4.79 Å². The van der Waals surface area contributed by atoms with Crippen molar-refractivity contribution in [3.05, 3.63) is 41.0 Å². The predicted octanol–water partition coefficient (Wildman–Crippen LogP) is 3.55. The van der Waals surface area contributed by atoms with Gasteiger partial charge in [0.25, 0.3) is 0 Å². The van der Waals surface area contributed by atoms with Crippen LogP contribution >= 0.6 is 11.6 Å². The van der Waals surface area contributed by atoms with Gasteiger partial charge in [-0.25, -0.2) is 0 Å². The molecule has 0 spiro atoms. The largest absolute Gasteiger partial charge is 0.494 e. The minimum atomic E-state index is -0.0628. The molecule has 1 aliphatic rings. The van der Waals surface area contributed by atoms with Crippen LogP contribution in [0.5, 0.6) is 5.75 Å². The first kappa shape index (κ1) is 16.8. The number of hydrogen-bond acceptors (Lipinski definition) is 5. The molecule has 7 heteroatoms. The molecule has 3 rings (SSSR count). The maximum Gasteiger partial charge on any atom is 0.223 e.